The lowest BCUT2D eigenvalue weighted by Crippen LogP contribution is -2.49. The van der Waals surface area contributed by atoms with E-state index in [1.54, 1.807) is 13.8 Å². The van der Waals surface area contributed by atoms with Crippen LogP contribution in [0.3, 0.4) is 0 Å². The Kier molecular flexibility index (Phi) is 3.74. The Bertz CT molecular complexity index is 617. The predicted molar refractivity (Wildman–Crippen MR) is 88.0 cm³/mol. The first-order chi connectivity index (χ1) is 10.3. The van der Waals surface area contributed by atoms with Crippen molar-refractivity contribution in [2.75, 3.05) is 6.67 Å². The first-order valence-corrected chi connectivity index (χ1v) is 9.05. The maximum Gasteiger partial charge on any atom is 0.129 e. The molecule has 0 saturated carbocycles. The van der Waals surface area contributed by atoms with Gasteiger partial charge in [0.2, 0.25) is 0 Å². The summed E-state index contributed by atoms with van der Waals surface area (Å²) in [5.74, 6) is 0.694. The van der Waals surface area contributed by atoms with Crippen molar-refractivity contribution in [3.63, 3.8) is 0 Å². The highest BCUT2D eigenvalue weighted by Gasteiger charge is 2.52. The quantitative estimate of drug-likeness (QED) is 0.812. The predicted octanol–water partition coefficient (Wildman–Crippen LogP) is 4.22. The molecule has 0 fully saturated rings. The van der Waals surface area contributed by atoms with Crippen molar-refractivity contribution in [3.05, 3.63) is 29.8 Å². The van der Waals surface area contributed by atoms with Crippen LogP contribution in [0, 0.1) is 0 Å². The lowest BCUT2D eigenvalue weighted by Gasteiger charge is -2.56. The van der Waals surface area contributed by atoms with Crippen LogP contribution in [0.4, 0.5) is 4.39 Å². The molecule has 0 amide bonds. The number of aliphatic imine (C=N–C) groups is 1. The molecule has 2 aliphatic rings. The summed E-state index contributed by atoms with van der Waals surface area (Å²) in [5, 5.41) is -0.462. The number of benzene rings is 1. The molecule has 3 unspecified atom stereocenters. The van der Waals surface area contributed by atoms with Crippen molar-refractivity contribution < 1.29 is 18.2 Å². The lowest BCUT2D eigenvalue weighted by atomic mass is 9.98. The number of halogens is 1. The Morgan fingerprint density at radius 1 is 1.36 bits per heavy atom. The molecule has 4 nitrogen and oxygen atoms in total. The highest BCUT2D eigenvalue weighted by atomic mass is 32.3. The number of nitrogens with zero attached hydrogens (tertiary/aromatic N) is 1. The van der Waals surface area contributed by atoms with Crippen molar-refractivity contribution >= 4 is 16.3 Å². The third-order valence-electron chi connectivity index (χ3n) is 4.77. The molecule has 3 rings (SSSR count). The molecule has 0 spiro atoms. The third kappa shape index (κ3) is 2.16. The minimum absolute atomic E-state index is 0.153. The molecule has 0 radical (unpaired) electrons. The summed E-state index contributed by atoms with van der Waals surface area (Å²) in [5.41, 5.74) is 1.02. The van der Waals surface area contributed by atoms with Gasteiger partial charge < -0.3 is 4.74 Å². The molecule has 122 valence electrons. The molecule has 1 aromatic rings. The van der Waals surface area contributed by atoms with E-state index >= 15 is 0 Å². The summed E-state index contributed by atoms with van der Waals surface area (Å²) in [6, 6.07) is 7.00. The second kappa shape index (κ2) is 5.22. The highest BCUT2D eigenvalue weighted by Crippen LogP contribution is 2.65. The molecule has 0 bridgehead atoms. The Morgan fingerprint density at radius 3 is 2.73 bits per heavy atom. The summed E-state index contributed by atoms with van der Waals surface area (Å²) in [4.78, 5) is 4.57. The molecule has 2 N–H and O–H groups in total. The van der Waals surface area contributed by atoms with E-state index in [2.05, 4.69) is 4.99 Å². The van der Waals surface area contributed by atoms with E-state index < -0.39 is 33.3 Å². The first-order valence-electron chi connectivity index (χ1n) is 7.44. The van der Waals surface area contributed by atoms with E-state index in [4.69, 9.17) is 4.74 Å². The van der Waals surface area contributed by atoms with Crippen LogP contribution in [0.5, 0.6) is 5.75 Å². The number of hydrogen-bond donors (Lipinski definition) is 2. The van der Waals surface area contributed by atoms with Crippen LogP contribution < -0.4 is 4.74 Å². The third-order valence-corrected chi connectivity index (χ3v) is 7.80. The van der Waals surface area contributed by atoms with Gasteiger partial charge in [0.05, 0.1) is 27.9 Å². The van der Waals surface area contributed by atoms with E-state index in [1.165, 1.54) is 0 Å². The van der Waals surface area contributed by atoms with Gasteiger partial charge in [-0.1, -0.05) is 18.2 Å². The van der Waals surface area contributed by atoms with Gasteiger partial charge in [0.1, 0.15) is 12.4 Å². The second-order valence-corrected chi connectivity index (χ2v) is 9.31. The van der Waals surface area contributed by atoms with Crippen LogP contribution in [0.1, 0.15) is 38.8 Å². The molecule has 2 heterocycles. The monoisotopic (exact) mass is 327 g/mol. The average molecular weight is 327 g/mol. The number of alkyl halides is 1. The molecule has 1 aromatic carbocycles. The Labute approximate surface area is 131 Å². The zero-order chi connectivity index (χ0) is 16.1. The van der Waals surface area contributed by atoms with E-state index in [0.29, 0.717) is 12.2 Å². The van der Waals surface area contributed by atoms with Gasteiger partial charge in [0.25, 0.3) is 0 Å². The van der Waals surface area contributed by atoms with Gasteiger partial charge in [-0.05, 0) is 26.8 Å². The molecular weight excluding hydrogens is 305 g/mol. The van der Waals surface area contributed by atoms with Crippen LogP contribution in [-0.4, -0.2) is 37.6 Å². The fourth-order valence-corrected chi connectivity index (χ4v) is 5.61. The number of para-hydroxylation sites is 1. The molecule has 0 saturated heterocycles. The first kappa shape index (κ1) is 15.8. The maximum absolute atomic E-state index is 13.5. The standard InChI is InChI=1S/C16H22FNO3S/c1-10-8-13-15(11-6-4-5-7-12(11)21-10)18-14(9-17)16(2,3)22(13,19)20/h4-7,10,13,15,19-20H,8-9H2,1-3H3. The minimum atomic E-state index is -3.07. The van der Waals surface area contributed by atoms with Gasteiger partial charge >= 0.3 is 0 Å². The van der Waals surface area contributed by atoms with Crippen molar-refractivity contribution in [2.24, 2.45) is 4.99 Å². The summed E-state index contributed by atoms with van der Waals surface area (Å²) >= 11 is 0. The maximum atomic E-state index is 13.5. The van der Waals surface area contributed by atoms with Crippen molar-refractivity contribution in [3.8, 4) is 5.75 Å². The van der Waals surface area contributed by atoms with Crippen LogP contribution in [0.15, 0.2) is 29.3 Å². The fraction of sp³-hybridized carbons (Fsp3) is 0.562. The molecular formula is C16H22FNO3S. The number of fused-ring (bicyclic) bond motifs is 3. The summed E-state index contributed by atoms with van der Waals surface area (Å²) in [6.45, 7) is 4.47. The van der Waals surface area contributed by atoms with Gasteiger partial charge in [0.15, 0.2) is 0 Å². The average Bonchev–Trinajstić information content (AvgIpc) is 2.59. The Balaban J connectivity index is 2.21. The van der Waals surface area contributed by atoms with Crippen molar-refractivity contribution in [1.29, 1.82) is 0 Å². The van der Waals surface area contributed by atoms with Gasteiger partial charge in [-0.2, -0.15) is 10.6 Å². The van der Waals surface area contributed by atoms with Crippen molar-refractivity contribution in [1.82, 2.24) is 0 Å². The second-order valence-electron chi connectivity index (χ2n) is 6.50. The van der Waals surface area contributed by atoms with Crippen LogP contribution in [0.25, 0.3) is 0 Å². The highest BCUT2D eigenvalue weighted by molar-refractivity contribution is 8.26. The molecule has 3 atom stereocenters. The van der Waals surface area contributed by atoms with E-state index in [9.17, 15) is 13.5 Å². The summed E-state index contributed by atoms with van der Waals surface area (Å²) in [7, 11) is -3.07. The van der Waals surface area contributed by atoms with Crippen LogP contribution in [-0.2, 0) is 0 Å². The largest absolute Gasteiger partial charge is 0.490 e. The molecule has 0 aliphatic carbocycles. The number of hydrogen-bond acceptors (Lipinski definition) is 4. The SMILES string of the molecule is CC1CC2C(N=C(CF)C(C)(C)S2(O)O)c2ccccc2O1. The van der Waals surface area contributed by atoms with Crippen LogP contribution >= 0.6 is 10.6 Å². The molecule has 0 aromatic heterocycles. The van der Waals surface area contributed by atoms with Crippen molar-refractivity contribution in [2.45, 2.75) is 49.3 Å². The normalized spacial score (nSPS) is 33.5. The zero-order valence-corrected chi connectivity index (χ0v) is 13.8. The minimum Gasteiger partial charge on any atom is -0.490 e. The van der Waals surface area contributed by atoms with Gasteiger partial charge in [-0.3, -0.25) is 14.1 Å². The van der Waals surface area contributed by atoms with Gasteiger partial charge in [-0.25, -0.2) is 4.39 Å². The van der Waals surface area contributed by atoms with E-state index in [0.717, 1.165) is 5.56 Å². The smallest absolute Gasteiger partial charge is 0.129 e. The Hall–Kier alpha value is -1.11. The van der Waals surface area contributed by atoms with Gasteiger partial charge in [-0.15, -0.1) is 0 Å². The van der Waals surface area contributed by atoms with Crippen LogP contribution in [0.2, 0.25) is 0 Å². The summed E-state index contributed by atoms with van der Waals surface area (Å²) < 4.78 is 40.1. The Morgan fingerprint density at radius 2 is 2.05 bits per heavy atom. The molecule has 6 heteroatoms. The molecule has 2 aliphatic heterocycles. The molecule has 22 heavy (non-hydrogen) atoms. The topological polar surface area (TPSA) is 62.1 Å². The van der Waals surface area contributed by atoms with E-state index in [1.807, 2.05) is 31.2 Å². The zero-order valence-electron chi connectivity index (χ0n) is 13.0. The van der Waals surface area contributed by atoms with Gasteiger partial charge in [0, 0.05) is 12.0 Å². The number of rotatable bonds is 1. The summed E-state index contributed by atoms with van der Waals surface area (Å²) in [6.07, 6.45) is 0.328. The fourth-order valence-electron chi connectivity index (χ4n) is 3.29. The lowest BCUT2D eigenvalue weighted by molar-refractivity contribution is 0.213. The number of ether oxygens (including phenoxy) is 1. The van der Waals surface area contributed by atoms with E-state index in [-0.39, 0.29) is 11.8 Å².